The van der Waals surface area contributed by atoms with Gasteiger partial charge in [-0.05, 0) is 18.9 Å². The topological polar surface area (TPSA) is 32.3 Å². The van der Waals surface area contributed by atoms with Crippen LogP contribution in [0, 0.1) is 0 Å². The summed E-state index contributed by atoms with van der Waals surface area (Å²) in [5.41, 5.74) is 1.30. The van der Waals surface area contributed by atoms with Crippen LogP contribution in [-0.4, -0.2) is 10.9 Å². The number of nitrogens with one attached hydrogen (secondary N) is 1. The quantitative estimate of drug-likeness (QED) is 0.696. The fraction of sp³-hybridized carbons (Fsp3) is 0.333. The Morgan fingerprint density at radius 1 is 1.42 bits per heavy atom. The number of hydrogen-bond acceptors (Lipinski definition) is 2. The van der Waals surface area contributed by atoms with Crippen LogP contribution in [0.2, 0.25) is 0 Å². The van der Waals surface area contributed by atoms with Crippen molar-refractivity contribution < 1.29 is 4.89 Å². The van der Waals surface area contributed by atoms with Gasteiger partial charge >= 0.3 is 0 Å². The van der Waals surface area contributed by atoms with Gasteiger partial charge in [0.2, 0.25) is 0 Å². The highest BCUT2D eigenvalue weighted by atomic mass is 31.1. The lowest BCUT2D eigenvalue weighted by atomic mass is 10.1. The van der Waals surface area contributed by atoms with Gasteiger partial charge in [0.05, 0.1) is 8.96 Å². The van der Waals surface area contributed by atoms with E-state index in [1.165, 1.54) is 5.56 Å². The van der Waals surface area contributed by atoms with Crippen LogP contribution in [0.5, 0.6) is 0 Å². The molecule has 3 heteroatoms. The maximum absolute atomic E-state index is 8.63. The lowest BCUT2D eigenvalue weighted by Gasteiger charge is -2.10. The minimum absolute atomic E-state index is 0.160. The molecule has 0 aliphatic rings. The van der Waals surface area contributed by atoms with E-state index in [2.05, 4.69) is 24.1 Å². The summed E-state index contributed by atoms with van der Waals surface area (Å²) in [6.07, 6.45) is 0.967. The van der Waals surface area contributed by atoms with E-state index in [0.717, 1.165) is 6.42 Å². The molecule has 0 heterocycles. The van der Waals surface area contributed by atoms with Gasteiger partial charge in [-0.15, -0.1) is 0 Å². The molecule has 2 nitrogen and oxygen atoms in total. The van der Waals surface area contributed by atoms with Crippen molar-refractivity contribution in [3.8, 4) is 0 Å². The molecule has 0 aliphatic heterocycles. The Hall–Kier alpha value is -0.430. The molecule has 0 amide bonds. The van der Waals surface area contributed by atoms with Gasteiger partial charge in [-0.3, -0.25) is 5.09 Å². The molecule has 0 aliphatic carbocycles. The van der Waals surface area contributed by atoms with Crippen LogP contribution in [0.25, 0.3) is 0 Å². The molecule has 0 spiro atoms. The molecule has 1 unspecified atom stereocenters. The molecular formula is C9H14NOP. The van der Waals surface area contributed by atoms with Crippen molar-refractivity contribution in [1.82, 2.24) is 5.09 Å². The van der Waals surface area contributed by atoms with Crippen molar-refractivity contribution in [2.24, 2.45) is 0 Å². The lowest BCUT2D eigenvalue weighted by Crippen LogP contribution is -2.20. The summed E-state index contributed by atoms with van der Waals surface area (Å²) in [5.74, 6) is 0. The molecule has 2 N–H and O–H groups in total. The van der Waals surface area contributed by atoms with E-state index in [-0.39, 0.29) is 8.96 Å². The van der Waals surface area contributed by atoms with Gasteiger partial charge in [-0.1, -0.05) is 30.3 Å². The van der Waals surface area contributed by atoms with Crippen molar-refractivity contribution in [1.29, 1.82) is 0 Å². The predicted molar refractivity (Wildman–Crippen MR) is 53.3 cm³/mol. The van der Waals surface area contributed by atoms with Crippen LogP contribution in [0.15, 0.2) is 30.3 Å². The third-order valence-electron chi connectivity index (χ3n) is 1.70. The maximum atomic E-state index is 8.63. The zero-order valence-electron chi connectivity index (χ0n) is 7.12. The van der Waals surface area contributed by atoms with Crippen molar-refractivity contribution in [3.05, 3.63) is 35.9 Å². The van der Waals surface area contributed by atoms with Crippen LogP contribution < -0.4 is 5.09 Å². The molecule has 1 rings (SSSR count). The van der Waals surface area contributed by atoms with Crippen LogP contribution in [0.1, 0.15) is 12.5 Å². The summed E-state index contributed by atoms with van der Waals surface area (Å²) in [5, 5.41) is 2.98. The first-order valence-corrected chi connectivity index (χ1v) is 4.96. The van der Waals surface area contributed by atoms with Gasteiger partial charge in [0.15, 0.2) is 0 Å². The number of hydrogen-bond donors (Lipinski definition) is 2. The first-order chi connectivity index (χ1) is 5.83. The van der Waals surface area contributed by atoms with E-state index in [9.17, 15) is 0 Å². The Labute approximate surface area is 74.9 Å². The lowest BCUT2D eigenvalue weighted by molar-refractivity contribution is 0.595. The van der Waals surface area contributed by atoms with Crippen LogP contribution in [-0.2, 0) is 6.42 Å². The zero-order chi connectivity index (χ0) is 8.81. The summed E-state index contributed by atoms with van der Waals surface area (Å²) in [6, 6.07) is 10.6. The second-order valence-corrected chi connectivity index (χ2v) is 3.36. The summed E-state index contributed by atoms with van der Waals surface area (Å²) in [4.78, 5) is 8.63. The smallest absolute Gasteiger partial charge is 0.0827 e. The summed E-state index contributed by atoms with van der Waals surface area (Å²) in [7, 11) is -0.160. The molecule has 0 fully saturated rings. The van der Waals surface area contributed by atoms with E-state index in [4.69, 9.17) is 4.89 Å². The molecule has 1 aromatic rings. The van der Waals surface area contributed by atoms with Crippen molar-refractivity contribution in [2.75, 3.05) is 0 Å². The molecule has 0 saturated heterocycles. The fourth-order valence-corrected chi connectivity index (χ4v) is 1.45. The van der Waals surface area contributed by atoms with Gasteiger partial charge in [-0.25, -0.2) is 0 Å². The van der Waals surface area contributed by atoms with E-state index in [1.807, 2.05) is 18.2 Å². The summed E-state index contributed by atoms with van der Waals surface area (Å²) in [6.45, 7) is 2.07. The Kier molecular flexibility index (Phi) is 4.23. The fourth-order valence-electron chi connectivity index (χ4n) is 1.13. The summed E-state index contributed by atoms with van der Waals surface area (Å²) >= 11 is 0. The highest BCUT2D eigenvalue weighted by molar-refractivity contribution is 7.28. The minimum atomic E-state index is -0.160. The molecule has 0 bridgehead atoms. The first kappa shape index (κ1) is 9.66. The number of benzene rings is 1. The van der Waals surface area contributed by atoms with Crippen LogP contribution >= 0.6 is 8.96 Å². The van der Waals surface area contributed by atoms with Gasteiger partial charge in [-0.2, -0.15) is 0 Å². The van der Waals surface area contributed by atoms with Crippen molar-refractivity contribution in [3.63, 3.8) is 0 Å². The SMILES string of the molecule is C[C@@H](Cc1ccccc1)NPO. The molecule has 0 saturated carbocycles. The van der Waals surface area contributed by atoms with Gasteiger partial charge in [0.1, 0.15) is 0 Å². The normalized spacial score (nSPS) is 13.8. The third-order valence-corrected chi connectivity index (χ3v) is 2.32. The molecule has 1 aromatic carbocycles. The second-order valence-electron chi connectivity index (χ2n) is 2.85. The van der Waals surface area contributed by atoms with E-state index in [1.54, 1.807) is 0 Å². The highest BCUT2D eigenvalue weighted by Gasteiger charge is 2.00. The largest absolute Gasteiger partial charge is 0.361 e. The average Bonchev–Trinajstić information content (AvgIpc) is 2.06. The van der Waals surface area contributed by atoms with E-state index in [0.29, 0.717) is 6.04 Å². The second kappa shape index (κ2) is 5.26. The third kappa shape index (κ3) is 3.31. The van der Waals surface area contributed by atoms with E-state index < -0.39 is 0 Å². The molecule has 0 aromatic heterocycles. The Morgan fingerprint density at radius 2 is 2.08 bits per heavy atom. The monoisotopic (exact) mass is 183 g/mol. The molecular weight excluding hydrogens is 169 g/mol. The molecule has 12 heavy (non-hydrogen) atoms. The Morgan fingerprint density at radius 3 is 2.67 bits per heavy atom. The summed E-state index contributed by atoms with van der Waals surface area (Å²) < 4.78 is 0. The Bertz CT molecular complexity index is 215. The van der Waals surface area contributed by atoms with E-state index >= 15 is 0 Å². The van der Waals surface area contributed by atoms with Gasteiger partial charge < -0.3 is 4.89 Å². The Balaban J connectivity index is 2.41. The minimum Gasteiger partial charge on any atom is -0.361 e. The van der Waals surface area contributed by atoms with Gasteiger partial charge in [0, 0.05) is 6.04 Å². The molecule has 66 valence electrons. The highest BCUT2D eigenvalue weighted by Crippen LogP contribution is 2.05. The van der Waals surface area contributed by atoms with Crippen LogP contribution in [0.3, 0.4) is 0 Å². The average molecular weight is 183 g/mol. The standard InChI is InChI=1S/C9H14NOP/c1-8(10-12-11)7-9-5-3-2-4-6-9/h2-6,8,10-12H,7H2,1H3/t8-/m0/s1. The van der Waals surface area contributed by atoms with Crippen LogP contribution in [0.4, 0.5) is 0 Å². The molecule has 0 radical (unpaired) electrons. The van der Waals surface area contributed by atoms with Crippen molar-refractivity contribution >= 4 is 8.96 Å². The van der Waals surface area contributed by atoms with Crippen molar-refractivity contribution in [2.45, 2.75) is 19.4 Å². The zero-order valence-corrected chi connectivity index (χ0v) is 8.12. The van der Waals surface area contributed by atoms with Gasteiger partial charge in [0.25, 0.3) is 0 Å². The maximum Gasteiger partial charge on any atom is 0.0827 e. The number of rotatable bonds is 4. The molecule has 2 atom stereocenters. The predicted octanol–water partition coefficient (Wildman–Crippen LogP) is 1.71. The first-order valence-electron chi connectivity index (χ1n) is 4.01.